The standard InChI is InChI=1S/C15H15NS/c1-12(17)6-5-11-16-15-10-4-8-13-7-2-3-9-14(13)15/h2-10,16H,11H2,1H3. The molecule has 0 spiro atoms. The minimum absolute atomic E-state index is 0.794. The van der Waals surface area contributed by atoms with Crippen LogP contribution in [0, 0.1) is 0 Å². The smallest absolute Gasteiger partial charge is 0.0422 e. The SMILES string of the molecule is CC(=S)C=CCNc1cccc2ccccc12. The third-order valence-corrected chi connectivity index (χ3v) is 2.69. The van der Waals surface area contributed by atoms with E-state index in [1.54, 1.807) is 0 Å². The lowest BCUT2D eigenvalue weighted by Gasteiger charge is -2.07. The molecule has 0 amide bonds. The first-order valence-corrected chi connectivity index (χ1v) is 6.07. The first-order chi connectivity index (χ1) is 8.27. The van der Waals surface area contributed by atoms with E-state index >= 15 is 0 Å². The van der Waals surface area contributed by atoms with Crippen molar-refractivity contribution in [3.63, 3.8) is 0 Å². The molecule has 0 atom stereocenters. The first kappa shape index (κ1) is 11.8. The molecule has 17 heavy (non-hydrogen) atoms. The normalized spacial score (nSPS) is 10.9. The number of nitrogens with one attached hydrogen (secondary N) is 1. The fourth-order valence-corrected chi connectivity index (χ4v) is 1.87. The van der Waals surface area contributed by atoms with E-state index in [2.05, 4.69) is 47.8 Å². The number of rotatable bonds is 4. The Hall–Kier alpha value is -1.67. The molecular formula is C15H15NS. The van der Waals surface area contributed by atoms with Gasteiger partial charge in [0, 0.05) is 22.5 Å². The molecule has 0 radical (unpaired) electrons. The summed E-state index contributed by atoms with van der Waals surface area (Å²) in [6.07, 6.45) is 4.00. The third kappa shape index (κ3) is 3.14. The Kier molecular flexibility index (Phi) is 3.89. The molecule has 0 aliphatic heterocycles. The van der Waals surface area contributed by atoms with Crippen LogP contribution in [0.5, 0.6) is 0 Å². The van der Waals surface area contributed by atoms with Crippen molar-refractivity contribution < 1.29 is 0 Å². The second-order valence-corrected chi connectivity index (χ2v) is 4.56. The number of anilines is 1. The molecule has 0 aromatic heterocycles. The van der Waals surface area contributed by atoms with Crippen molar-refractivity contribution in [1.82, 2.24) is 0 Å². The number of benzene rings is 2. The van der Waals surface area contributed by atoms with E-state index in [-0.39, 0.29) is 0 Å². The van der Waals surface area contributed by atoms with E-state index in [1.165, 1.54) is 10.8 Å². The van der Waals surface area contributed by atoms with Gasteiger partial charge in [-0.05, 0) is 18.4 Å². The van der Waals surface area contributed by atoms with Crippen LogP contribution in [0.3, 0.4) is 0 Å². The summed E-state index contributed by atoms with van der Waals surface area (Å²) in [5.74, 6) is 0. The number of fused-ring (bicyclic) bond motifs is 1. The maximum atomic E-state index is 4.99. The monoisotopic (exact) mass is 241 g/mol. The summed E-state index contributed by atoms with van der Waals surface area (Å²) >= 11 is 4.99. The molecule has 0 heterocycles. The largest absolute Gasteiger partial charge is 0.381 e. The van der Waals surface area contributed by atoms with E-state index in [0.29, 0.717) is 0 Å². The van der Waals surface area contributed by atoms with Crippen LogP contribution >= 0.6 is 12.2 Å². The zero-order valence-electron chi connectivity index (χ0n) is 9.81. The molecule has 86 valence electrons. The highest BCUT2D eigenvalue weighted by molar-refractivity contribution is 7.80. The Bertz CT molecular complexity index is 552. The summed E-state index contributed by atoms with van der Waals surface area (Å²) in [5, 5.41) is 5.91. The molecule has 0 bridgehead atoms. The summed E-state index contributed by atoms with van der Waals surface area (Å²) < 4.78 is 0. The van der Waals surface area contributed by atoms with Crippen LogP contribution < -0.4 is 5.32 Å². The fraction of sp³-hybridized carbons (Fsp3) is 0.133. The van der Waals surface area contributed by atoms with E-state index in [0.717, 1.165) is 17.1 Å². The summed E-state index contributed by atoms with van der Waals surface area (Å²) in [7, 11) is 0. The Labute approximate surface area is 107 Å². The minimum Gasteiger partial charge on any atom is -0.381 e. The van der Waals surface area contributed by atoms with Crippen molar-refractivity contribution in [1.29, 1.82) is 0 Å². The maximum absolute atomic E-state index is 4.99. The molecule has 2 rings (SSSR count). The highest BCUT2D eigenvalue weighted by Crippen LogP contribution is 2.22. The lowest BCUT2D eigenvalue weighted by molar-refractivity contribution is 1.35. The molecule has 0 saturated carbocycles. The Morgan fingerprint density at radius 1 is 1.18 bits per heavy atom. The average Bonchev–Trinajstić information content (AvgIpc) is 2.34. The van der Waals surface area contributed by atoms with Crippen LogP contribution in [0.2, 0.25) is 0 Å². The summed E-state index contributed by atoms with van der Waals surface area (Å²) in [4.78, 5) is 0.907. The van der Waals surface area contributed by atoms with Gasteiger partial charge in [0.2, 0.25) is 0 Å². The highest BCUT2D eigenvalue weighted by Gasteiger charge is 1.97. The fourth-order valence-electron chi connectivity index (χ4n) is 1.77. The van der Waals surface area contributed by atoms with Crippen LogP contribution in [0.15, 0.2) is 54.6 Å². The first-order valence-electron chi connectivity index (χ1n) is 5.66. The maximum Gasteiger partial charge on any atom is 0.0422 e. The van der Waals surface area contributed by atoms with Gasteiger partial charge in [-0.3, -0.25) is 0 Å². The van der Waals surface area contributed by atoms with E-state index in [9.17, 15) is 0 Å². The number of hydrogen-bond donors (Lipinski definition) is 1. The third-order valence-electron chi connectivity index (χ3n) is 2.55. The molecule has 2 aromatic carbocycles. The van der Waals surface area contributed by atoms with Gasteiger partial charge in [-0.15, -0.1) is 0 Å². The molecular weight excluding hydrogens is 226 g/mol. The van der Waals surface area contributed by atoms with Gasteiger partial charge >= 0.3 is 0 Å². The topological polar surface area (TPSA) is 12.0 Å². The Morgan fingerprint density at radius 2 is 1.94 bits per heavy atom. The highest BCUT2D eigenvalue weighted by atomic mass is 32.1. The second kappa shape index (κ2) is 5.60. The summed E-state index contributed by atoms with van der Waals surface area (Å²) in [5.41, 5.74) is 1.16. The Morgan fingerprint density at radius 3 is 2.76 bits per heavy atom. The number of allylic oxidation sites excluding steroid dienone is 1. The van der Waals surface area contributed by atoms with Crippen LogP contribution in [0.4, 0.5) is 5.69 Å². The average molecular weight is 241 g/mol. The summed E-state index contributed by atoms with van der Waals surface area (Å²) in [6, 6.07) is 14.7. The minimum atomic E-state index is 0.794. The second-order valence-electron chi connectivity index (χ2n) is 3.92. The molecule has 0 fully saturated rings. The van der Waals surface area contributed by atoms with Crippen molar-refractivity contribution >= 4 is 33.5 Å². The molecule has 0 aliphatic carbocycles. The Balaban J connectivity index is 2.16. The molecule has 1 nitrogen and oxygen atoms in total. The van der Waals surface area contributed by atoms with Gasteiger partial charge in [-0.25, -0.2) is 0 Å². The van der Waals surface area contributed by atoms with Crippen LogP contribution in [-0.2, 0) is 0 Å². The number of thiocarbonyl (C=S) groups is 1. The predicted molar refractivity (Wildman–Crippen MR) is 79.8 cm³/mol. The van der Waals surface area contributed by atoms with Gasteiger partial charge < -0.3 is 5.32 Å². The van der Waals surface area contributed by atoms with Crippen molar-refractivity contribution in [3.05, 3.63) is 54.6 Å². The van der Waals surface area contributed by atoms with Crippen LogP contribution in [-0.4, -0.2) is 11.4 Å². The zero-order chi connectivity index (χ0) is 12.1. The van der Waals surface area contributed by atoms with Crippen molar-refractivity contribution in [2.24, 2.45) is 0 Å². The molecule has 2 heteroatoms. The van der Waals surface area contributed by atoms with Crippen molar-refractivity contribution in [2.75, 3.05) is 11.9 Å². The van der Waals surface area contributed by atoms with Gasteiger partial charge in [0.25, 0.3) is 0 Å². The quantitative estimate of drug-likeness (QED) is 0.636. The molecule has 0 saturated heterocycles. The van der Waals surface area contributed by atoms with Gasteiger partial charge in [-0.2, -0.15) is 0 Å². The van der Waals surface area contributed by atoms with Crippen molar-refractivity contribution in [3.8, 4) is 0 Å². The zero-order valence-corrected chi connectivity index (χ0v) is 10.6. The van der Waals surface area contributed by atoms with E-state index in [4.69, 9.17) is 12.2 Å². The molecule has 0 aliphatic rings. The molecule has 0 unspecified atom stereocenters. The van der Waals surface area contributed by atoms with Gasteiger partial charge in [0.1, 0.15) is 0 Å². The molecule has 1 N–H and O–H groups in total. The van der Waals surface area contributed by atoms with Gasteiger partial charge in [0.15, 0.2) is 0 Å². The van der Waals surface area contributed by atoms with E-state index in [1.807, 2.05) is 19.1 Å². The van der Waals surface area contributed by atoms with Crippen LogP contribution in [0.1, 0.15) is 6.92 Å². The van der Waals surface area contributed by atoms with Gasteiger partial charge in [0.05, 0.1) is 0 Å². The lowest BCUT2D eigenvalue weighted by atomic mass is 10.1. The number of hydrogen-bond acceptors (Lipinski definition) is 2. The molecule has 2 aromatic rings. The predicted octanol–water partition coefficient (Wildman–Crippen LogP) is 4.20. The van der Waals surface area contributed by atoms with E-state index < -0.39 is 0 Å². The van der Waals surface area contributed by atoms with Gasteiger partial charge in [-0.1, -0.05) is 60.8 Å². The summed E-state index contributed by atoms with van der Waals surface area (Å²) in [6.45, 7) is 2.71. The van der Waals surface area contributed by atoms with Crippen LogP contribution in [0.25, 0.3) is 10.8 Å². The lowest BCUT2D eigenvalue weighted by Crippen LogP contribution is -1.99. The van der Waals surface area contributed by atoms with Crippen molar-refractivity contribution in [2.45, 2.75) is 6.92 Å².